The van der Waals surface area contributed by atoms with Crippen molar-refractivity contribution in [1.29, 1.82) is 0 Å². The molecule has 1 aromatic rings. The van der Waals surface area contributed by atoms with Crippen molar-refractivity contribution in [3.05, 3.63) is 28.8 Å². The minimum Gasteiger partial charge on any atom is -0.490 e. The Balaban J connectivity index is 2.90. The zero-order valence-electron chi connectivity index (χ0n) is 10.6. The Hall–Kier alpha value is -1.55. The fourth-order valence-electron chi connectivity index (χ4n) is 1.57. The summed E-state index contributed by atoms with van der Waals surface area (Å²) in [4.78, 5) is 10.9. The molecule has 17 heavy (non-hydrogen) atoms. The number of aryl methyl sites for hydroxylation is 2. The Labute approximate surface area is 101 Å². The van der Waals surface area contributed by atoms with Gasteiger partial charge in [-0.25, -0.2) is 4.79 Å². The van der Waals surface area contributed by atoms with Gasteiger partial charge in [0.2, 0.25) is 0 Å². The van der Waals surface area contributed by atoms with Crippen LogP contribution in [0.5, 0.6) is 5.75 Å². The van der Waals surface area contributed by atoms with Crippen molar-refractivity contribution in [2.24, 2.45) is 0 Å². The van der Waals surface area contributed by atoms with E-state index in [1.54, 1.807) is 19.2 Å². The van der Waals surface area contributed by atoms with E-state index < -0.39 is 5.97 Å². The van der Waals surface area contributed by atoms with Gasteiger partial charge in [0.05, 0.1) is 11.7 Å². The largest absolute Gasteiger partial charge is 0.490 e. The van der Waals surface area contributed by atoms with Crippen molar-refractivity contribution in [3.8, 4) is 5.75 Å². The molecule has 0 amide bonds. The molecule has 1 aromatic carbocycles. The fourth-order valence-corrected chi connectivity index (χ4v) is 1.57. The summed E-state index contributed by atoms with van der Waals surface area (Å²) in [5.74, 6) is -0.188. The number of hydrogen-bond acceptors (Lipinski definition) is 3. The summed E-state index contributed by atoms with van der Waals surface area (Å²) in [6.45, 7) is 6.04. The Morgan fingerprint density at radius 1 is 1.35 bits per heavy atom. The number of methoxy groups -OCH3 is 1. The molecule has 4 heteroatoms. The summed E-state index contributed by atoms with van der Waals surface area (Å²) in [6, 6.07) is 3.23. The maximum Gasteiger partial charge on any atom is 0.335 e. The number of aromatic carboxylic acids is 1. The van der Waals surface area contributed by atoms with Crippen LogP contribution in [0, 0.1) is 13.8 Å². The molecule has 4 nitrogen and oxygen atoms in total. The molecule has 1 unspecified atom stereocenters. The van der Waals surface area contributed by atoms with Gasteiger partial charge in [-0.15, -0.1) is 0 Å². The van der Waals surface area contributed by atoms with E-state index in [4.69, 9.17) is 14.6 Å². The van der Waals surface area contributed by atoms with Crippen molar-refractivity contribution < 1.29 is 19.4 Å². The van der Waals surface area contributed by atoms with Gasteiger partial charge in [-0.2, -0.15) is 0 Å². The topological polar surface area (TPSA) is 55.8 Å². The number of carboxylic acid groups (broad SMARTS) is 1. The number of rotatable bonds is 5. The zero-order chi connectivity index (χ0) is 13.0. The fraction of sp³-hybridized carbons (Fsp3) is 0.462. The molecule has 0 aromatic heterocycles. The molecule has 94 valence electrons. The van der Waals surface area contributed by atoms with Crippen LogP contribution in [0.4, 0.5) is 0 Å². The highest BCUT2D eigenvalue weighted by Crippen LogP contribution is 2.25. The van der Waals surface area contributed by atoms with Gasteiger partial charge in [0.1, 0.15) is 12.4 Å². The van der Waals surface area contributed by atoms with Crippen molar-refractivity contribution >= 4 is 5.97 Å². The van der Waals surface area contributed by atoms with Gasteiger partial charge in [-0.05, 0) is 44.0 Å². The van der Waals surface area contributed by atoms with Crippen LogP contribution < -0.4 is 4.74 Å². The molecule has 0 aliphatic carbocycles. The predicted octanol–water partition coefficient (Wildman–Crippen LogP) is 2.42. The van der Waals surface area contributed by atoms with Gasteiger partial charge in [0.25, 0.3) is 0 Å². The lowest BCUT2D eigenvalue weighted by Crippen LogP contribution is -2.17. The van der Waals surface area contributed by atoms with Crippen LogP contribution >= 0.6 is 0 Å². The Bertz CT molecular complexity index is 389. The monoisotopic (exact) mass is 238 g/mol. The highest BCUT2D eigenvalue weighted by Gasteiger charge is 2.11. The molecule has 1 atom stereocenters. The van der Waals surface area contributed by atoms with E-state index in [1.807, 2.05) is 20.8 Å². The quantitative estimate of drug-likeness (QED) is 0.855. The van der Waals surface area contributed by atoms with E-state index in [9.17, 15) is 4.79 Å². The molecule has 0 radical (unpaired) electrons. The smallest absolute Gasteiger partial charge is 0.335 e. The van der Waals surface area contributed by atoms with Crippen LogP contribution in [0.15, 0.2) is 12.1 Å². The second kappa shape index (κ2) is 5.68. The van der Waals surface area contributed by atoms with Gasteiger partial charge in [-0.3, -0.25) is 0 Å². The first kappa shape index (κ1) is 13.5. The van der Waals surface area contributed by atoms with Crippen molar-refractivity contribution in [1.82, 2.24) is 0 Å². The second-order valence-electron chi connectivity index (χ2n) is 4.10. The lowest BCUT2D eigenvalue weighted by molar-refractivity contribution is 0.0691. The molecule has 1 rings (SSSR count). The van der Waals surface area contributed by atoms with E-state index >= 15 is 0 Å². The molecular formula is C13H18O4. The van der Waals surface area contributed by atoms with Gasteiger partial charge < -0.3 is 14.6 Å². The molecule has 0 heterocycles. The Morgan fingerprint density at radius 3 is 2.29 bits per heavy atom. The molecular weight excluding hydrogens is 220 g/mol. The third-order valence-corrected chi connectivity index (χ3v) is 2.57. The molecule has 0 bridgehead atoms. The lowest BCUT2D eigenvalue weighted by Gasteiger charge is -2.15. The van der Waals surface area contributed by atoms with E-state index in [2.05, 4.69) is 0 Å². The highest BCUT2D eigenvalue weighted by atomic mass is 16.5. The van der Waals surface area contributed by atoms with Crippen molar-refractivity contribution in [2.45, 2.75) is 26.9 Å². The van der Waals surface area contributed by atoms with Crippen molar-refractivity contribution in [2.75, 3.05) is 13.7 Å². The first-order chi connectivity index (χ1) is 7.95. The van der Waals surface area contributed by atoms with E-state index in [0.29, 0.717) is 6.61 Å². The molecule has 0 aliphatic heterocycles. The maximum absolute atomic E-state index is 10.9. The minimum absolute atomic E-state index is 0.00736. The molecule has 1 N–H and O–H groups in total. The SMILES string of the molecule is COC(C)COc1c(C)cc(C(=O)O)cc1C. The van der Waals surface area contributed by atoms with E-state index in [0.717, 1.165) is 16.9 Å². The average Bonchev–Trinajstić information content (AvgIpc) is 2.27. The summed E-state index contributed by atoms with van der Waals surface area (Å²) >= 11 is 0. The van der Waals surface area contributed by atoms with Crippen LogP contribution in [-0.4, -0.2) is 30.9 Å². The Kier molecular flexibility index (Phi) is 4.52. The molecule has 0 spiro atoms. The third kappa shape index (κ3) is 3.46. The van der Waals surface area contributed by atoms with E-state index in [1.165, 1.54) is 0 Å². The number of carbonyl (C=O) groups is 1. The molecule has 0 saturated carbocycles. The average molecular weight is 238 g/mol. The van der Waals surface area contributed by atoms with Gasteiger partial charge in [0.15, 0.2) is 0 Å². The number of carboxylic acids is 1. The number of benzene rings is 1. The highest BCUT2D eigenvalue weighted by molar-refractivity contribution is 5.88. The first-order valence-electron chi connectivity index (χ1n) is 5.45. The summed E-state index contributed by atoms with van der Waals surface area (Å²) in [6.07, 6.45) is 0.00736. The maximum atomic E-state index is 10.9. The van der Waals surface area contributed by atoms with Crippen LogP contribution in [0.3, 0.4) is 0 Å². The summed E-state index contributed by atoms with van der Waals surface area (Å²) in [5.41, 5.74) is 1.93. The predicted molar refractivity (Wildman–Crippen MR) is 64.8 cm³/mol. The van der Waals surface area contributed by atoms with Gasteiger partial charge in [-0.1, -0.05) is 0 Å². The lowest BCUT2D eigenvalue weighted by atomic mass is 10.1. The van der Waals surface area contributed by atoms with Crippen LogP contribution in [0.25, 0.3) is 0 Å². The summed E-state index contributed by atoms with van der Waals surface area (Å²) < 4.78 is 10.7. The number of hydrogen-bond donors (Lipinski definition) is 1. The van der Waals surface area contributed by atoms with Crippen LogP contribution in [0.1, 0.15) is 28.4 Å². The molecule has 0 fully saturated rings. The minimum atomic E-state index is -0.923. The van der Waals surface area contributed by atoms with Crippen molar-refractivity contribution in [3.63, 3.8) is 0 Å². The van der Waals surface area contributed by atoms with Crippen LogP contribution in [0.2, 0.25) is 0 Å². The molecule has 0 saturated heterocycles. The second-order valence-corrected chi connectivity index (χ2v) is 4.10. The molecule has 0 aliphatic rings. The van der Waals surface area contributed by atoms with Gasteiger partial charge >= 0.3 is 5.97 Å². The number of ether oxygens (including phenoxy) is 2. The normalized spacial score (nSPS) is 12.2. The van der Waals surface area contributed by atoms with Gasteiger partial charge in [0, 0.05) is 7.11 Å². The summed E-state index contributed by atoms with van der Waals surface area (Å²) in [7, 11) is 1.63. The summed E-state index contributed by atoms with van der Waals surface area (Å²) in [5, 5.41) is 8.92. The third-order valence-electron chi connectivity index (χ3n) is 2.57. The Morgan fingerprint density at radius 2 is 1.88 bits per heavy atom. The van der Waals surface area contributed by atoms with E-state index in [-0.39, 0.29) is 11.7 Å². The first-order valence-corrected chi connectivity index (χ1v) is 5.45. The van der Waals surface area contributed by atoms with Crippen LogP contribution in [-0.2, 0) is 4.74 Å². The standard InChI is InChI=1S/C13H18O4/c1-8-5-11(13(14)15)6-9(2)12(8)17-7-10(3)16-4/h5-6,10H,7H2,1-4H3,(H,14,15). The zero-order valence-corrected chi connectivity index (χ0v) is 10.6.